The number of piperidine rings is 1. The molecular weight excluding hydrogens is 344 g/mol. The van der Waals surface area contributed by atoms with Gasteiger partial charge in [-0.2, -0.15) is 4.31 Å². The SMILES string of the molecule is CCCC(N1CCCCC1)N(CC)S(=O)(=O)c1cccc2ccccc12. The second-order valence-electron chi connectivity index (χ2n) is 7.05. The summed E-state index contributed by atoms with van der Waals surface area (Å²) in [5, 5.41) is 1.77. The number of sulfonamides is 1. The molecule has 0 saturated carbocycles. The lowest BCUT2D eigenvalue weighted by Crippen LogP contribution is -2.52. The third-order valence-electron chi connectivity index (χ3n) is 5.34. The van der Waals surface area contributed by atoms with E-state index >= 15 is 0 Å². The highest BCUT2D eigenvalue weighted by Gasteiger charge is 2.34. The molecule has 0 aliphatic carbocycles. The van der Waals surface area contributed by atoms with Gasteiger partial charge < -0.3 is 0 Å². The standard InChI is InChI=1S/C21H30N2O2S/c1-3-11-21(22-16-8-5-9-17-22)23(4-2)26(24,25)20-15-10-13-18-12-6-7-14-19(18)20/h6-7,10,12-15,21H,3-5,8-9,11,16-17H2,1-2H3. The Labute approximate surface area is 157 Å². The van der Waals surface area contributed by atoms with Crippen LogP contribution in [0, 0.1) is 0 Å². The summed E-state index contributed by atoms with van der Waals surface area (Å²) < 4.78 is 29.0. The van der Waals surface area contributed by atoms with Crippen molar-refractivity contribution < 1.29 is 8.42 Å². The van der Waals surface area contributed by atoms with Crippen molar-refractivity contribution in [3.8, 4) is 0 Å². The first-order valence-electron chi connectivity index (χ1n) is 9.83. The third kappa shape index (κ3) is 3.80. The molecule has 5 heteroatoms. The minimum atomic E-state index is -3.56. The molecule has 1 unspecified atom stereocenters. The molecule has 26 heavy (non-hydrogen) atoms. The lowest BCUT2D eigenvalue weighted by molar-refractivity contribution is 0.0753. The minimum Gasteiger partial charge on any atom is -0.287 e. The van der Waals surface area contributed by atoms with E-state index < -0.39 is 10.0 Å². The van der Waals surface area contributed by atoms with Crippen LogP contribution in [0.2, 0.25) is 0 Å². The summed E-state index contributed by atoms with van der Waals surface area (Å²) in [7, 11) is -3.56. The zero-order chi connectivity index (χ0) is 18.6. The van der Waals surface area contributed by atoms with Gasteiger partial charge in [0.25, 0.3) is 0 Å². The van der Waals surface area contributed by atoms with E-state index in [0.29, 0.717) is 11.4 Å². The lowest BCUT2D eigenvalue weighted by atomic mass is 10.1. The van der Waals surface area contributed by atoms with E-state index in [4.69, 9.17) is 0 Å². The van der Waals surface area contributed by atoms with Gasteiger partial charge in [-0.15, -0.1) is 0 Å². The third-order valence-corrected chi connectivity index (χ3v) is 7.37. The molecule has 0 bridgehead atoms. The number of fused-ring (bicyclic) bond motifs is 1. The molecule has 1 aliphatic heterocycles. The van der Waals surface area contributed by atoms with Crippen LogP contribution in [-0.2, 0) is 10.0 Å². The van der Waals surface area contributed by atoms with Crippen LogP contribution in [0.3, 0.4) is 0 Å². The number of rotatable bonds is 7. The normalized spacial score (nSPS) is 17.7. The molecule has 0 spiro atoms. The van der Waals surface area contributed by atoms with Gasteiger partial charge in [0.1, 0.15) is 0 Å². The largest absolute Gasteiger partial charge is 0.287 e. The first-order valence-corrected chi connectivity index (χ1v) is 11.3. The minimum absolute atomic E-state index is 0.0470. The van der Waals surface area contributed by atoms with Gasteiger partial charge in [-0.05, 0) is 43.8 Å². The highest BCUT2D eigenvalue weighted by Crippen LogP contribution is 2.29. The predicted molar refractivity (Wildman–Crippen MR) is 108 cm³/mol. The smallest absolute Gasteiger partial charge is 0.245 e. The van der Waals surface area contributed by atoms with Crippen molar-refractivity contribution in [2.24, 2.45) is 0 Å². The van der Waals surface area contributed by atoms with Crippen molar-refractivity contribution in [1.29, 1.82) is 0 Å². The second-order valence-corrected chi connectivity index (χ2v) is 8.91. The molecule has 3 rings (SSSR count). The molecule has 0 aromatic heterocycles. The van der Waals surface area contributed by atoms with Crippen molar-refractivity contribution in [3.63, 3.8) is 0 Å². The Bertz CT molecular complexity index is 824. The topological polar surface area (TPSA) is 40.6 Å². The Balaban J connectivity index is 2.03. The Morgan fingerprint density at radius 3 is 2.38 bits per heavy atom. The fourth-order valence-electron chi connectivity index (χ4n) is 4.07. The molecule has 1 fully saturated rings. The zero-order valence-electron chi connectivity index (χ0n) is 15.9. The van der Waals surface area contributed by atoms with E-state index in [1.807, 2.05) is 43.3 Å². The molecule has 142 valence electrons. The number of benzene rings is 2. The molecule has 1 aliphatic rings. The molecule has 1 atom stereocenters. The van der Waals surface area contributed by atoms with Crippen LogP contribution >= 0.6 is 0 Å². The number of hydrogen-bond acceptors (Lipinski definition) is 3. The van der Waals surface area contributed by atoms with Gasteiger partial charge in [0.05, 0.1) is 11.1 Å². The molecule has 1 heterocycles. The van der Waals surface area contributed by atoms with E-state index in [0.717, 1.165) is 49.5 Å². The van der Waals surface area contributed by atoms with Crippen molar-refractivity contribution in [1.82, 2.24) is 9.21 Å². The zero-order valence-corrected chi connectivity index (χ0v) is 16.7. The second kappa shape index (κ2) is 8.51. The molecular formula is C21H30N2O2S. The predicted octanol–water partition coefficient (Wildman–Crippen LogP) is 4.46. The van der Waals surface area contributed by atoms with Crippen LogP contribution in [0.25, 0.3) is 10.8 Å². The van der Waals surface area contributed by atoms with Crippen LogP contribution in [0.1, 0.15) is 46.0 Å². The number of hydrogen-bond donors (Lipinski definition) is 0. The maximum Gasteiger partial charge on any atom is 0.245 e. The molecule has 0 radical (unpaired) electrons. The quantitative estimate of drug-likeness (QED) is 0.718. The average Bonchev–Trinajstić information content (AvgIpc) is 2.68. The molecule has 2 aromatic carbocycles. The van der Waals surface area contributed by atoms with E-state index in [1.54, 1.807) is 10.4 Å². The summed E-state index contributed by atoms with van der Waals surface area (Å²) in [5.41, 5.74) is 0. The summed E-state index contributed by atoms with van der Waals surface area (Å²) in [6, 6.07) is 13.3. The van der Waals surface area contributed by atoms with Crippen LogP contribution < -0.4 is 0 Å². The van der Waals surface area contributed by atoms with Crippen molar-refractivity contribution in [2.45, 2.75) is 57.0 Å². The Kier molecular flexibility index (Phi) is 6.33. The summed E-state index contributed by atoms with van der Waals surface area (Å²) >= 11 is 0. The molecule has 2 aromatic rings. The summed E-state index contributed by atoms with van der Waals surface area (Å²) in [5.74, 6) is 0. The van der Waals surface area contributed by atoms with Crippen LogP contribution in [-0.4, -0.2) is 43.4 Å². The number of likely N-dealkylation sites (tertiary alicyclic amines) is 1. The number of nitrogens with zero attached hydrogens (tertiary/aromatic N) is 2. The highest BCUT2D eigenvalue weighted by atomic mass is 32.2. The van der Waals surface area contributed by atoms with Crippen molar-refractivity contribution in [2.75, 3.05) is 19.6 Å². The van der Waals surface area contributed by atoms with E-state index in [-0.39, 0.29) is 6.17 Å². The van der Waals surface area contributed by atoms with Crippen molar-refractivity contribution >= 4 is 20.8 Å². The van der Waals surface area contributed by atoms with Crippen LogP contribution in [0.15, 0.2) is 47.4 Å². The highest BCUT2D eigenvalue weighted by molar-refractivity contribution is 7.89. The summed E-state index contributed by atoms with van der Waals surface area (Å²) in [6.07, 6.45) is 5.37. The first-order chi connectivity index (χ1) is 12.6. The van der Waals surface area contributed by atoms with Gasteiger partial charge in [-0.3, -0.25) is 4.90 Å². The van der Waals surface area contributed by atoms with E-state index in [9.17, 15) is 8.42 Å². The van der Waals surface area contributed by atoms with Gasteiger partial charge in [0, 0.05) is 11.9 Å². The molecule has 1 saturated heterocycles. The molecule has 0 amide bonds. The Morgan fingerprint density at radius 1 is 1.00 bits per heavy atom. The Morgan fingerprint density at radius 2 is 1.69 bits per heavy atom. The van der Waals surface area contributed by atoms with Gasteiger partial charge in [-0.25, -0.2) is 8.42 Å². The fourth-order valence-corrected chi connectivity index (χ4v) is 5.94. The van der Waals surface area contributed by atoms with Crippen LogP contribution in [0.5, 0.6) is 0 Å². The maximum absolute atomic E-state index is 13.6. The van der Waals surface area contributed by atoms with Gasteiger partial charge in [0.2, 0.25) is 10.0 Å². The Hall–Kier alpha value is -1.43. The van der Waals surface area contributed by atoms with Crippen molar-refractivity contribution in [3.05, 3.63) is 42.5 Å². The van der Waals surface area contributed by atoms with Crippen LogP contribution in [0.4, 0.5) is 0 Å². The van der Waals surface area contributed by atoms with Gasteiger partial charge >= 0.3 is 0 Å². The van der Waals surface area contributed by atoms with E-state index in [1.165, 1.54) is 6.42 Å². The maximum atomic E-state index is 13.6. The molecule has 0 N–H and O–H groups in total. The molecule has 4 nitrogen and oxygen atoms in total. The average molecular weight is 375 g/mol. The van der Waals surface area contributed by atoms with Gasteiger partial charge in [0.15, 0.2) is 0 Å². The summed E-state index contributed by atoms with van der Waals surface area (Å²) in [6.45, 7) is 6.57. The first kappa shape index (κ1) is 19.3. The fraction of sp³-hybridized carbons (Fsp3) is 0.524. The summed E-state index contributed by atoms with van der Waals surface area (Å²) in [4.78, 5) is 2.80. The van der Waals surface area contributed by atoms with Gasteiger partial charge in [-0.1, -0.05) is 63.1 Å². The van der Waals surface area contributed by atoms with E-state index in [2.05, 4.69) is 11.8 Å². The lowest BCUT2D eigenvalue weighted by Gasteiger charge is -2.40. The monoisotopic (exact) mass is 374 g/mol.